The second-order valence-corrected chi connectivity index (χ2v) is 3.67. The van der Waals surface area contributed by atoms with Gasteiger partial charge in [-0.15, -0.1) is 0 Å². The standard InChI is InChI=1S/C11H10ClF3N2O2/c1-2-19-10(18)9(12)17-16-8-5-3-4-7(6-8)11(13,14)15/h3-6,16H,2H2,1H3/b17-9-. The molecule has 0 amide bonds. The van der Waals surface area contributed by atoms with E-state index in [9.17, 15) is 18.0 Å². The molecule has 0 unspecified atom stereocenters. The number of carbonyl (C=O) groups excluding carboxylic acids is 1. The molecular formula is C11H10ClF3N2O2. The number of anilines is 1. The van der Waals surface area contributed by atoms with E-state index in [-0.39, 0.29) is 12.3 Å². The highest BCUT2D eigenvalue weighted by Crippen LogP contribution is 2.30. The van der Waals surface area contributed by atoms with E-state index in [2.05, 4.69) is 15.3 Å². The van der Waals surface area contributed by atoms with E-state index in [1.165, 1.54) is 12.1 Å². The van der Waals surface area contributed by atoms with Gasteiger partial charge < -0.3 is 4.74 Å². The van der Waals surface area contributed by atoms with Gasteiger partial charge in [0.15, 0.2) is 0 Å². The molecular weight excluding hydrogens is 285 g/mol. The van der Waals surface area contributed by atoms with Gasteiger partial charge in [0.1, 0.15) is 0 Å². The zero-order valence-corrected chi connectivity index (χ0v) is 10.5. The first-order chi connectivity index (χ1) is 8.84. The van der Waals surface area contributed by atoms with E-state index in [0.717, 1.165) is 12.1 Å². The lowest BCUT2D eigenvalue weighted by Gasteiger charge is -2.08. The first kappa shape index (κ1) is 15.3. The molecule has 8 heteroatoms. The van der Waals surface area contributed by atoms with Gasteiger partial charge >= 0.3 is 12.1 Å². The van der Waals surface area contributed by atoms with Crippen molar-refractivity contribution in [1.82, 2.24) is 0 Å². The highest BCUT2D eigenvalue weighted by molar-refractivity contribution is 6.82. The van der Waals surface area contributed by atoms with Crippen molar-refractivity contribution in [2.24, 2.45) is 5.10 Å². The molecule has 0 aliphatic carbocycles. The summed E-state index contributed by atoms with van der Waals surface area (Å²) in [6.45, 7) is 1.70. The first-order valence-electron chi connectivity index (χ1n) is 5.18. The van der Waals surface area contributed by atoms with Crippen LogP contribution in [0.15, 0.2) is 29.4 Å². The van der Waals surface area contributed by atoms with Crippen LogP contribution in [0.3, 0.4) is 0 Å². The average Bonchev–Trinajstić information content (AvgIpc) is 2.35. The highest BCUT2D eigenvalue weighted by atomic mass is 35.5. The molecule has 104 valence electrons. The topological polar surface area (TPSA) is 50.7 Å². The average molecular weight is 295 g/mol. The van der Waals surface area contributed by atoms with Crippen LogP contribution in [0, 0.1) is 0 Å². The molecule has 4 nitrogen and oxygen atoms in total. The fourth-order valence-corrected chi connectivity index (χ4v) is 1.21. The summed E-state index contributed by atoms with van der Waals surface area (Å²) in [5.41, 5.74) is 1.47. The third kappa shape index (κ3) is 4.78. The Morgan fingerprint density at radius 2 is 2.16 bits per heavy atom. The second kappa shape index (κ2) is 6.42. The molecule has 0 aromatic heterocycles. The van der Waals surface area contributed by atoms with Crippen LogP contribution in [0.2, 0.25) is 0 Å². The molecule has 0 saturated carbocycles. The molecule has 0 radical (unpaired) electrons. The third-order valence-electron chi connectivity index (χ3n) is 1.92. The van der Waals surface area contributed by atoms with Crippen LogP contribution >= 0.6 is 11.6 Å². The zero-order chi connectivity index (χ0) is 14.5. The Kier molecular flexibility index (Phi) is 5.17. The van der Waals surface area contributed by atoms with Crippen molar-refractivity contribution in [2.75, 3.05) is 12.0 Å². The van der Waals surface area contributed by atoms with Crippen LogP contribution in [-0.4, -0.2) is 17.7 Å². The van der Waals surface area contributed by atoms with E-state index < -0.39 is 22.9 Å². The fourth-order valence-electron chi connectivity index (χ4n) is 1.11. The summed E-state index contributed by atoms with van der Waals surface area (Å²) in [4.78, 5) is 11.1. The lowest BCUT2D eigenvalue weighted by molar-refractivity contribution is -0.137. The summed E-state index contributed by atoms with van der Waals surface area (Å²) in [6, 6.07) is 4.33. The second-order valence-electron chi connectivity index (χ2n) is 3.31. The number of hydrogen-bond donors (Lipinski definition) is 1. The number of rotatable bonds is 4. The first-order valence-corrected chi connectivity index (χ1v) is 5.56. The molecule has 19 heavy (non-hydrogen) atoms. The monoisotopic (exact) mass is 294 g/mol. The number of carbonyl (C=O) groups is 1. The Morgan fingerprint density at radius 3 is 2.74 bits per heavy atom. The molecule has 0 spiro atoms. The molecule has 0 aliphatic rings. The summed E-state index contributed by atoms with van der Waals surface area (Å²) in [6.07, 6.45) is -4.45. The number of hydrazone groups is 1. The number of nitrogens with one attached hydrogen (secondary N) is 1. The molecule has 0 atom stereocenters. The molecule has 0 aliphatic heterocycles. The minimum Gasteiger partial charge on any atom is -0.461 e. The normalized spacial score (nSPS) is 12.2. The van der Waals surface area contributed by atoms with Gasteiger partial charge in [0.05, 0.1) is 17.9 Å². The molecule has 0 fully saturated rings. The van der Waals surface area contributed by atoms with Crippen LogP contribution in [0.25, 0.3) is 0 Å². The zero-order valence-electron chi connectivity index (χ0n) is 9.79. The molecule has 0 bridgehead atoms. The van der Waals surface area contributed by atoms with Crippen molar-refractivity contribution in [3.63, 3.8) is 0 Å². The highest BCUT2D eigenvalue weighted by Gasteiger charge is 2.30. The molecule has 1 rings (SSSR count). The quantitative estimate of drug-likeness (QED) is 0.527. The van der Waals surface area contributed by atoms with E-state index in [1.54, 1.807) is 6.92 Å². The van der Waals surface area contributed by atoms with Crippen LogP contribution in [-0.2, 0) is 15.7 Å². The maximum Gasteiger partial charge on any atom is 0.416 e. The van der Waals surface area contributed by atoms with Gasteiger partial charge in [-0.2, -0.15) is 18.3 Å². The maximum atomic E-state index is 12.4. The molecule has 1 N–H and O–H groups in total. The van der Waals surface area contributed by atoms with Gasteiger partial charge in [0, 0.05) is 0 Å². The predicted molar refractivity (Wildman–Crippen MR) is 65.0 cm³/mol. The Bertz CT molecular complexity index is 489. The number of benzene rings is 1. The van der Waals surface area contributed by atoms with Crippen molar-refractivity contribution in [3.8, 4) is 0 Å². The molecule has 0 heterocycles. The summed E-state index contributed by atoms with van der Waals surface area (Å²) in [7, 11) is 0. The maximum absolute atomic E-state index is 12.4. The minimum absolute atomic E-state index is 0.0530. The van der Waals surface area contributed by atoms with Gasteiger partial charge in [-0.05, 0) is 25.1 Å². The van der Waals surface area contributed by atoms with E-state index in [0.29, 0.717) is 0 Å². The molecule has 1 aromatic carbocycles. The third-order valence-corrected chi connectivity index (χ3v) is 2.16. The summed E-state index contributed by atoms with van der Waals surface area (Å²) in [5, 5.41) is 2.93. The van der Waals surface area contributed by atoms with Crippen molar-refractivity contribution in [3.05, 3.63) is 29.8 Å². The summed E-state index contributed by atoms with van der Waals surface area (Å²) < 4.78 is 41.8. The number of alkyl halides is 3. The van der Waals surface area contributed by atoms with Crippen LogP contribution in [0.4, 0.5) is 18.9 Å². The Morgan fingerprint density at radius 1 is 1.47 bits per heavy atom. The number of ether oxygens (including phenoxy) is 1. The Balaban J connectivity index is 2.78. The summed E-state index contributed by atoms with van der Waals surface area (Å²) in [5.74, 6) is -0.858. The van der Waals surface area contributed by atoms with Crippen molar-refractivity contribution >= 4 is 28.4 Å². The number of halogens is 4. The van der Waals surface area contributed by atoms with Crippen molar-refractivity contribution in [1.29, 1.82) is 0 Å². The van der Waals surface area contributed by atoms with Crippen molar-refractivity contribution < 1.29 is 22.7 Å². The molecule has 0 saturated heterocycles. The summed E-state index contributed by atoms with van der Waals surface area (Å²) >= 11 is 5.48. The fraction of sp³-hybridized carbons (Fsp3) is 0.273. The smallest absolute Gasteiger partial charge is 0.416 e. The van der Waals surface area contributed by atoms with E-state index in [1.807, 2.05) is 0 Å². The number of esters is 1. The van der Waals surface area contributed by atoms with Crippen LogP contribution < -0.4 is 5.43 Å². The van der Waals surface area contributed by atoms with Crippen LogP contribution in [0.5, 0.6) is 0 Å². The van der Waals surface area contributed by atoms with Crippen molar-refractivity contribution in [2.45, 2.75) is 13.1 Å². The predicted octanol–water partition coefficient (Wildman–Crippen LogP) is 3.23. The lowest BCUT2D eigenvalue weighted by atomic mass is 10.2. The van der Waals surface area contributed by atoms with Crippen LogP contribution in [0.1, 0.15) is 12.5 Å². The Labute approximate surface area is 112 Å². The number of hydrogen-bond acceptors (Lipinski definition) is 4. The minimum atomic E-state index is -4.45. The number of nitrogens with zero attached hydrogens (tertiary/aromatic N) is 1. The van der Waals surface area contributed by atoms with Gasteiger partial charge in [0.25, 0.3) is 0 Å². The van der Waals surface area contributed by atoms with E-state index in [4.69, 9.17) is 11.6 Å². The Hall–Kier alpha value is -1.76. The molecule has 1 aromatic rings. The van der Waals surface area contributed by atoms with Gasteiger partial charge in [0.2, 0.25) is 5.17 Å². The van der Waals surface area contributed by atoms with Gasteiger partial charge in [-0.1, -0.05) is 17.7 Å². The van der Waals surface area contributed by atoms with Gasteiger partial charge in [-0.3, -0.25) is 5.43 Å². The van der Waals surface area contributed by atoms with Gasteiger partial charge in [-0.25, -0.2) is 4.79 Å². The largest absolute Gasteiger partial charge is 0.461 e. The lowest BCUT2D eigenvalue weighted by Crippen LogP contribution is -2.13. The van der Waals surface area contributed by atoms with E-state index >= 15 is 0 Å². The SMILES string of the molecule is CCOC(=O)/C(Cl)=N/Nc1cccc(C(F)(F)F)c1.